The van der Waals surface area contributed by atoms with Crippen LogP contribution in [0.25, 0.3) is 0 Å². The second-order valence-electron chi connectivity index (χ2n) is 8.17. The van der Waals surface area contributed by atoms with Crippen LogP contribution in [0.2, 0.25) is 0 Å². The van der Waals surface area contributed by atoms with Gasteiger partial charge in [-0.1, -0.05) is 42.5 Å². The number of alkyl halides is 3. The molecule has 10 heteroatoms. The predicted molar refractivity (Wildman–Crippen MR) is 114 cm³/mol. The summed E-state index contributed by atoms with van der Waals surface area (Å²) < 4.78 is 57.7. The van der Waals surface area contributed by atoms with Crippen LogP contribution in [0.1, 0.15) is 36.8 Å². The fraction of sp³-hybridized carbons (Fsp3) is 0.375. The van der Waals surface area contributed by atoms with Crippen LogP contribution in [0.5, 0.6) is 0 Å². The summed E-state index contributed by atoms with van der Waals surface area (Å²) >= 11 is 0. The van der Waals surface area contributed by atoms with Crippen molar-refractivity contribution in [1.29, 1.82) is 0 Å². The molecule has 1 saturated carbocycles. The summed E-state index contributed by atoms with van der Waals surface area (Å²) in [6, 6.07) is 12.7. The first-order valence-corrected chi connectivity index (χ1v) is 10.7. The standard InChI is InChI=1S/C24H24F4N2O4/c25-18-9-6-16(7-10-18)8-11-20(31)29-19(22(33)34-15-17-4-2-1-3-5-17)14-21(32)30-23(12-13-23)24(26,27)28/h1-7,9-10,19H,8,11-15H2,(H,29,31)(H,30,32)/t19-/m0/s1. The van der Waals surface area contributed by atoms with Gasteiger partial charge in [-0.3, -0.25) is 9.59 Å². The average molecular weight is 480 g/mol. The Kier molecular flexibility index (Phi) is 7.90. The number of carbonyl (C=O) groups excluding carboxylic acids is 3. The lowest BCUT2D eigenvalue weighted by atomic mass is 10.1. The molecule has 1 atom stereocenters. The lowest BCUT2D eigenvalue weighted by molar-refractivity contribution is -0.170. The maximum Gasteiger partial charge on any atom is 0.411 e. The second-order valence-corrected chi connectivity index (χ2v) is 8.17. The third-order valence-electron chi connectivity index (χ3n) is 5.46. The molecule has 0 aliphatic heterocycles. The molecule has 0 radical (unpaired) electrons. The summed E-state index contributed by atoms with van der Waals surface area (Å²) in [7, 11) is 0. The summed E-state index contributed by atoms with van der Waals surface area (Å²) in [4.78, 5) is 37.3. The average Bonchev–Trinajstić information content (AvgIpc) is 3.58. The Morgan fingerprint density at radius 3 is 2.18 bits per heavy atom. The molecule has 2 N–H and O–H groups in total. The van der Waals surface area contributed by atoms with Crippen molar-refractivity contribution in [2.75, 3.05) is 0 Å². The number of rotatable bonds is 10. The van der Waals surface area contributed by atoms with Crippen molar-refractivity contribution < 1.29 is 36.7 Å². The van der Waals surface area contributed by atoms with Crippen molar-refractivity contribution >= 4 is 17.8 Å². The van der Waals surface area contributed by atoms with E-state index in [1.807, 2.05) is 5.32 Å². The molecule has 1 aliphatic carbocycles. The Labute approximate surface area is 193 Å². The van der Waals surface area contributed by atoms with Crippen LogP contribution >= 0.6 is 0 Å². The topological polar surface area (TPSA) is 84.5 Å². The minimum absolute atomic E-state index is 0.0811. The van der Waals surface area contributed by atoms with Crippen LogP contribution in [-0.4, -0.2) is 35.5 Å². The van der Waals surface area contributed by atoms with Crippen molar-refractivity contribution in [3.63, 3.8) is 0 Å². The first-order valence-electron chi connectivity index (χ1n) is 10.7. The quantitative estimate of drug-likeness (QED) is 0.402. The van der Waals surface area contributed by atoms with Crippen molar-refractivity contribution in [3.8, 4) is 0 Å². The molecular formula is C24H24F4N2O4. The molecule has 0 spiro atoms. The van der Waals surface area contributed by atoms with E-state index < -0.39 is 47.8 Å². The van der Waals surface area contributed by atoms with Gasteiger partial charge in [0, 0.05) is 6.42 Å². The molecule has 2 amide bonds. The fourth-order valence-corrected chi connectivity index (χ4v) is 3.31. The Hall–Kier alpha value is -3.43. The molecule has 2 aromatic carbocycles. The molecule has 34 heavy (non-hydrogen) atoms. The first kappa shape index (κ1) is 25.2. The Balaban J connectivity index is 1.61. The largest absolute Gasteiger partial charge is 0.459 e. The number of hydrogen-bond acceptors (Lipinski definition) is 4. The van der Waals surface area contributed by atoms with E-state index in [1.165, 1.54) is 24.3 Å². The van der Waals surface area contributed by atoms with E-state index >= 15 is 0 Å². The highest BCUT2D eigenvalue weighted by Crippen LogP contribution is 2.48. The number of nitrogens with one attached hydrogen (secondary N) is 2. The van der Waals surface area contributed by atoms with Crippen molar-refractivity contribution in [2.24, 2.45) is 0 Å². The van der Waals surface area contributed by atoms with Crippen LogP contribution in [0.3, 0.4) is 0 Å². The Morgan fingerprint density at radius 2 is 1.59 bits per heavy atom. The zero-order chi connectivity index (χ0) is 24.8. The highest BCUT2D eigenvalue weighted by atomic mass is 19.4. The second kappa shape index (κ2) is 10.7. The van der Waals surface area contributed by atoms with Gasteiger partial charge in [-0.15, -0.1) is 0 Å². The van der Waals surface area contributed by atoms with Gasteiger partial charge in [0.05, 0.1) is 6.42 Å². The van der Waals surface area contributed by atoms with E-state index in [0.717, 1.165) is 0 Å². The van der Waals surface area contributed by atoms with E-state index in [9.17, 15) is 31.9 Å². The number of benzene rings is 2. The van der Waals surface area contributed by atoms with Gasteiger partial charge >= 0.3 is 12.1 Å². The molecule has 3 rings (SSSR count). The highest BCUT2D eigenvalue weighted by molar-refractivity contribution is 5.89. The summed E-state index contributed by atoms with van der Waals surface area (Å²) in [5.41, 5.74) is -0.941. The third-order valence-corrected chi connectivity index (χ3v) is 5.46. The van der Waals surface area contributed by atoms with Gasteiger partial charge in [-0.25, -0.2) is 9.18 Å². The Morgan fingerprint density at radius 1 is 0.941 bits per heavy atom. The molecule has 0 heterocycles. The minimum Gasteiger partial charge on any atom is -0.459 e. The van der Waals surface area contributed by atoms with Crippen LogP contribution in [0.15, 0.2) is 54.6 Å². The molecule has 2 aromatic rings. The van der Waals surface area contributed by atoms with Crippen molar-refractivity contribution in [3.05, 3.63) is 71.5 Å². The van der Waals surface area contributed by atoms with Gasteiger partial charge in [-0.05, 0) is 42.5 Å². The number of hydrogen-bond donors (Lipinski definition) is 2. The maximum atomic E-state index is 13.2. The van der Waals surface area contributed by atoms with Gasteiger partial charge in [0.1, 0.15) is 24.0 Å². The van der Waals surface area contributed by atoms with Gasteiger partial charge in [0.15, 0.2) is 0 Å². The zero-order valence-electron chi connectivity index (χ0n) is 18.2. The normalized spacial score (nSPS) is 15.2. The number of amides is 2. The molecular weight excluding hydrogens is 456 g/mol. The third kappa shape index (κ3) is 7.03. The van der Waals surface area contributed by atoms with Gasteiger partial charge in [-0.2, -0.15) is 13.2 Å². The summed E-state index contributed by atoms with van der Waals surface area (Å²) in [5.74, 6) is -2.98. The fourth-order valence-electron chi connectivity index (χ4n) is 3.31. The molecule has 0 saturated heterocycles. The number of esters is 1. The number of carbonyl (C=O) groups is 3. The van der Waals surface area contributed by atoms with Gasteiger partial charge < -0.3 is 15.4 Å². The summed E-state index contributed by atoms with van der Waals surface area (Å²) in [6.07, 6.45) is -5.63. The molecule has 0 aromatic heterocycles. The SMILES string of the molecule is O=C(CCc1ccc(F)cc1)N[C@@H](CC(=O)NC1(C(F)(F)F)CC1)C(=O)OCc1ccccc1. The zero-order valence-corrected chi connectivity index (χ0v) is 18.2. The van der Waals surface area contributed by atoms with Crippen molar-refractivity contribution in [1.82, 2.24) is 10.6 Å². The van der Waals surface area contributed by atoms with E-state index in [1.54, 1.807) is 30.3 Å². The maximum absolute atomic E-state index is 13.2. The lowest BCUT2D eigenvalue weighted by Crippen LogP contribution is -2.51. The van der Waals surface area contributed by atoms with Crippen LogP contribution < -0.4 is 10.6 Å². The van der Waals surface area contributed by atoms with Crippen LogP contribution in [0, 0.1) is 5.82 Å². The molecule has 0 unspecified atom stereocenters. The van der Waals surface area contributed by atoms with Crippen LogP contribution in [0.4, 0.5) is 17.6 Å². The smallest absolute Gasteiger partial charge is 0.411 e. The molecule has 1 fully saturated rings. The number of aryl methyl sites for hydroxylation is 1. The minimum atomic E-state index is -4.61. The monoisotopic (exact) mass is 480 g/mol. The van der Waals surface area contributed by atoms with Crippen molar-refractivity contribution in [2.45, 2.75) is 56.5 Å². The number of ether oxygens (including phenoxy) is 1. The lowest BCUT2D eigenvalue weighted by Gasteiger charge is -2.23. The summed E-state index contributed by atoms with van der Waals surface area (Å²) in [6.45, 7) is -0.129. The molecule has 182 valence electrons. The van der Waals surface area contributed by atoms with E-state index in [-0.39, 0.29) is 32.3 Å². The molecule has 1 aliphatic rings. The van der Waals surface area contributed by atoms with Crippen LogP contribution in [-0.2, 0) is 32.1 Å². The van der Waals surface area contributed by atoms with E-state index in [4.69, 9.17) is 4.74 Å². The van der Waals surface area contributed by atoms with E-state index in [2.05, 4.69) is 5.32 Å². The van der Waals surface area contributed by atoms with Gasteiger partial charge in [0.2, 0.25) is 11.8 Å². The van der Waals surface area contributed by atoms with E-state index in [0.29, 0.717) is 11.1 Å². The van der Waals surface area contributed by atoms with Gasteiger partial charge in [0.25, 0.3) is 0 Å². The number of halogens is 4. The highest BCUT2D eigenvalue weighted by Gasteiger charge is 2.64. The first-order chi connectivity index (χ1) is 16.1. The summed E-state index contributed by atoms with van der Waals surface area (Å²) in [5, 5.41) is 4.33. The molecule has 0 bridgehead atoms. The molecule has 6 nitrogen and oxygen atoms in total. The Bertz CT molecular complexity index is 1010. The predicted octanol–water partition coefficient (Wildman–Crippen LogP) is 3.59.